The van der Waals surface area contributed by atoms with Gasteiger partial charge in [-0.25, -0.2) is 0 Å². The zero-order valence-electron chi connectivity index (χ0n) is 8.05. The first-order valence-corrected chi connectivity index (χ1v) is 4.42. The minimum atomic E-state index is 0.0153. The van der Waals surface area contributed by atoms with E-state index in [-0.39, 0.29) is 5.91 Å². The first-order chi connectivity index (χ1) is 5.79. The van der Waals surface area contributed by atoms with Gasteiger partial charge in [0.25, 0.3) is 0 Å². The predicted octanol–water partition coefficient (Wildman–Crippen LogP) is 2.38. The van der Waals surface area contributed by atoms with Crippen molar-refractivity contribution in [3.05, 3.63) is 23.9 Å². The molecule has 0 aromatic carbocycles. The fourth-order valence-corrected chi connectivity index (χ4v) is 0.933. The van der Waals surface area contributed by atoms with Gasteiger partial charge >= 0.3 is 0 Å². The lowest BCUT2D eigenvalue weighted by atomic mass is 10.1. The molecule has 0 aromatic rings. The molecular weight excluding hydrogens is 150 g/mol. The average Bonchev–Trinajstić information content (AvgIpc) is 2.08. The van der Waals surface area contributed by atoms with Gasteiger partial charge in [-0.05, 0) is 18.9 Å². The SMILES string of the molecule is CC.CC(=O)NC1=CC=CCC1. The third-order valence-corrected chi connectivity index (χ3v) is 1.35. The molecule has 0 aromatic heterocycles. The van der Waals surface area contributed by atoms with Crippen LogP contribution < -0.4 is 5.32 Å². The molecule has 0 radical (unpaired) electrons. The van der Waals surface area contributed by atoms with Crippen LogP contribution in [0.2, 0.25) is 0 Å². The van der Waals surface area contributed by atoms with Gasteiger partial charge in [0.2, 0.25) is 5.91 Å². The first-order valence-electron chi connectivity index (χ1n) is 4.42. The van der Waals surface area contributed by atoms with Gasteiger partial charge in [0, 0.05) is 12.6 Å². The Morgan fingerprint density at radius 3 is 2.58 bits per heavy atom. The lowest BCUT2D eigenvalue weighted by Gasteiger charge is -2.07. The molecule has 1 aliphatic carbocycles. The number of hydrogen-bond donors (Lipinski definition) is 1. The Balaban J connectivity index is 0.000000561. The lowest BCUT2D eigenvalue weighted by molar-refractivity contribution is -0.118. The summed E-state index contributed by atoms with van der Waals surface area (Å²) in [5, 5.41) is 2.75. The molecule has 0 unspecified atom stereocenters. The standard InChI is InChI=1S/C8H11NO.C2H6/c1-7(10)9-8-5-3-2-4-6-8;1-2/h2-3,5H,4,6H2,1H3,(H,9,10);1-2H3. The van der Waals surface area contributed by atoms with Crippen molar-refractivity contribution in [2.75, 3.05) is 0 Å². The highest BCUT2D eigenvalue weighted by Crippen LogP contribution is 2.07. The number of amides is 1. The van der Waals surface area contributed by atoms with Crippen molar-refractivity contribution in [2.45, 2.75) is 33.6 Å². The topological polar surface area (TPSA) is 29.1 Å². The van der Waals surface area contributed by atoms with Gasteiger partial charge in [0.15, 0.2) is 0 Å². The summed E-state index contributed by atoms with van der Waals surface area (Å²) in [6.45, 7) is 5.53. The third-order valence-electron chi connectivity index (χ3n) is 1.35. The molecule has 0 spiro atoms. The molecule has 1 N–H and O–H groups in total. The molecule has 0 saturated carbocycles. The van der Waals surface area contributed by atoms with Crippen LogP contribution in [0.1, 0.15) is 33.6 Å². The maximum atomic E-state index is 10.5. The van der Waals surface area contributed by atoms with Crippen LogP contribution in [0.3, 0.4) is 0 Å². The molecule has 0 saturated heterocycles. The fraction of sp³-hybridized carbons (Fsp3) is 0.500. The van der Waals surface area contributed by atoms with Crippen LogP contribution in [0.4, 0.5) is 0 Å². The van der Waals surface area contributed by atoms with Crippen LogP contribution in [0.25, 0.3) is 0 Å². The van der Waals surface area contributed by atoms with E-state index in [9.17, 15) is 4.79 Å². The molecular formula is C10H17NO. The van der Waals surface area contributed by atoms with Crippen LogP contribution >= 0.6 is 0 Å². The molecule has 2 heteroatoms. The number of carbonyl (C=O) groups excluding carboxylic acids is 1. The van der Waals surface area contributed by atoms with Crippen LogP contribution in [0, 0.1) is 0 Å². The van der Waals surface area contributed by atoms with Crippen molar-refractivity contribution in [1.82, 2.24) is 5.32 Å². The van der Waals surface area contributed by atoms with Gasteiger partial charge in [-0.1, -0.05) is 26.0 Å². The number of hydrogen-bond acceptors (Lipinski definition) is 1. The molecule has 1 aliphatic rings. The normalized spacial score (nSPS) is 14.1. The van der Waals surface area contributed by atoms with Crippen molar-refractivity contribution in [1.29, 1.82) is 0 Å². The molecule has 0 atom stereocenters. The van der Waals surface area contributed by atoms with Gasteiger partial charge < -0.3 is 5.32 Å². The fourth-order valence-electron chi connectivity index (χ4n) is 0.933. The van der Waals surface area contributed by atoms with Crippen molar-refractivity contribution < 1.29 is 4.79 Å². The quantitative estimate of drug-likeness (QED) is 0.638. The molecule has 0 aliphatic heterocycles. The van der Waals surface area contributed by atoms with Crippen LogP contribution in [0.5, 0.6) is 0 Å². The van der Waals surface area contributed by atoms with E-state index in [2.05, 4.69) is 11.4 Å². The second kappa shape index (κ2) is 6.65. The van der Waals surface area contributed by atoms with Crippen LogP contribution in [0.15, 0.2) is 23.9 Å². The highest BCUT2D eigenvalue weighted by atomic mass is 16.1. The van der Waals surface area contributed by atoms with Crippen LogP contribution in [-0.2, 0) is 4.79 Å². The average molecular weight is 167 g/mol. The van der Waals surface area contributed by atoms with E-state index in [1.807, 2.05) is 26.0 Å². The van der Waals surface area contributed by atoms with Crippen LogP contribution in [-0.4, -0.2) is 5.91 Å². The largest absolute Gasteiger partial charge is 0.330 e. The summed E-state index contributed by atoms with van der Waals surface area (Å²) in [6.07, 6.45) is 7.98. The van der Waals surface area contributed by atoms with Crippen molar-refractivity contribution in [3.63, 3.8) is 0 Å². The maximum absolute atomic E-state index is 10.5. The maximum Gasteiger partial charge on any atom is 0.220 e. The second-order valence-electron chi connectivity index (χ2n) is 2.34. The van der Waals surface area contributed by atoms with E-state index in [0.29, 0.717) is 0 Å². The highest BCUT2D eigenvalue weighted by molar-refractivity contribution is 5.74. The summed E-state index contributed by atoms with van der Waals surface area (Å²) in [7, 11) is 0. The summed E-state index contributed by atoms with van der Waals surface area (Å²) in [6, 6.07) is 0. The molecule has 1 amide bonds. The number of rotatable bonds is 1. The summed E-state index contributed by atoms with van der Waals surface area (Å²) in [5.41, 5.74) is 1.02. The minimum Gasteiger partial charge on any atom is -0.330 e. The van der Waals surface area contributed by atoms with Gasteiger partial charge in [-0.3, -0.25) is 4.79 Å². The van der Waals surface area contributed by atoms with Crippen molar-refractivity contribution in [3.8, 4) is 0 Å². The molecule has 12 heavy (non-hydrogen) atoms. The summed E-state index contributed by atoms with van der Waals surface area (Å²) in [5.74, 6) is 0.0153. The van der Waals surface area contributed by atoms with Gasteiger partial charge in [-0.15, -0.1) is 0 Å². The molecule has 0 bridgehead atoms. The lowest BCUT2D eigenvalue weighted by Crippen LogP contribution is -2.19. The molecule has 68 valence electrons. The number of carbonyl (C=O) groups is 1. The van der Waals surface area contributed by atoms with E-state index >= 15 is 0 Å². The molecule has 0 heterocycles. The number of nitrogens with one attached hydrogen (secondary N) is 1. The summed E-state index contributed by atoms with van der Waals surface area (Å²) < 4.78 is 0. The second-order valence-corrected chi connectivity index (χ2v) is 2.34. The predicted molar refractivity (Wildman–Crippen MR) is 51.6 cm³/mol. The Morgan fingerprint density at radius 1 is 1.50 bits per heavy atom. The zero-order valence-corrected chi connectivity index (χ0v) is 8.05. The minimum absolute atomic E-state index is 0.0153. The number of allylic oxidation sites excluding steroid dienone is 4. The summed E-state index contributed by atoms with van der Waals surface area (Å²) >= 11 is 0. The zero-order chi connectivity index (χ0) is 9.40. The molecule has 2 nitrogen and oxygen atoms in total. The first kappa shape index (κ1) is 11.0. The van der Waals surface area contributed by atoms with E-state index in [1.165, 1.54) is 6.92 Å². The molecule has 0 fully saturated rings. The van der Waals surface area contributed by atoms with Gasteiger partial charge in [0.1, 0.15) is 0 Å². The Morgan fingerprint density at radius 2 is 2.17 bits per heavy atom. The monoisotopic (exact) mass is 167 g/mol. The molecule has 1 rings (SSSR count). The Hall–Kier alpha value is -1.05. The van der Waals surface area contributed by atoms with E-state index in [4.69, 9.17) is 0 Å². The van der Waals surface area contributed by atoms with E-state index in [1.54, 1.807) is 0 Å². The Kier molecular flexibility index (Phi) is 6.07. The summed E-state index contributed by atoms with van der Waals surface area (Å²) in [4.78, 5) is 10.5. The Labute approximate surface area is 74.4 Å². The van der Waals surface area contributed by atoms with Crippen molar-refractivity contribution in [2.24, 2.45) is 0 Å². The third kappa shape index (κ3) is 4.72. The smallest absolute Gasteiger partial charge is 0.220 e. The van der Waals surface area contributed by atoms with Gasteiger partial charge in [-0.2, -0.15) is 0 Å². The van der Waals surface area contributed by atoms with Gasteiger partial charge in [0.05, 0.1) is 0 Å². The van der Waals surface area contributed by atoms with Crippen molar-refractivity contribution >= 4 is 5.91 Å². The Bertz CT molecular complexity index is 192. The highest BCUT2D eigenvalue weighted by Gasteiger charge is 1.99. The van der Waals surface area contributed by atoms with E-state index < -0.39 is 0 Å². The van der Waals surface area contributed by atoms with E-state index in [0.717, 1.165) is 18.5 Å².